The molecule has 1 aliphatic rings. The molecule has 3 rings (SSSR count). The average molecular weight is 388 g/mol. The zero-order chi connectivity index (χ0) is 19.4. The van der Waals surface area contributed by atoms with Crippen molar-refractivity contribution in [3.05, 3.63) is 53.2 Å². The molecule has 1 atom stereocenters. The second kappa shape index (κ2) is 8.04. The first-order chi connectivity index (χ1) is 12.9. The van der Waals surface area contributed by atoms with Crippen LogP contribution in [0, 0.1) is 5.82 Å². The van der Waals surface area contributed by atoms with Crippen LogP contribution in [0.2, 0.25) is 0 Å². The van der Waals surface area contributed by atoms with E-state index < -0.39 is 5.54 Å². The van der Waals surface area contributed by atoms with Gasteiger partial charge in [-0.05, 0) is 38.0 Å². The van der Waals surface area contributed by atoms with E-state index in [0.717, 1.165) is 5.75 Å². The molecule has 2 aromatic rings. The number of carbonyl (C=O) groups excluding carboxylic acids is 1. The van der Waals surface area contributed by atoms with Gasteiger partial charge in [-0.3, -0.25) is 9.79 Å². The topological polar surface area (TPSA) is 90.5 Å². The summed E-state index contributed by atoms with van der Waals surface area (Å²) in [6, 6.07) is 4.68. The molecule has 0 fully saturated rings. The van der Waals surface area contributed by atoms with Crippen LogP contribution in [-0.4, -0.2) is 33.3 Å². The van der Waals surface area contributed by atoms with E-state index in [0.29, 0.717) is 35.2 Å². The van der Waals surface area contributed by atoms with Crippen LogP contribution in [0.4, 0.5) is 4.39 Å². The fourth-order valence-electron chi connectivity index (χ4n) is 2.93. The van der Waals surface area contributed by atoms with Crippen molar-refractivity contribution < 1.29 is 13.9 Å². The number of rotatable bonds is 6. The third-order valence-corrected chi connectivity index (χ3v) is 5.17. The maximum absolute atomic E-state index is 14.5. The molecule has 0 saturated carbocycles. The minimum absolute atomic E-state index is 0.0972. The lowest BCUT2D eigenvalue weighted by Gasteiger charge is -2.30. The molecule has 0 spiro atoms. The van der Waals surface area contributed by atoms with E-state index >= 15 is 0 Å². The highest BCUT2D eigenvalue weighted by Gasteiger charge is 2.32. The van der Waals surface area contributed by atoms with Crippen molar-refractivity contribution in [2.45, 2.75) is 32.2 Å². The molecule has 1 aromatic heterocycles. The number of Topliss-reactive ketones (excluding diaryl/α,β-unsaturated/α-hetero) is 1. The van der Waals surface area contributed by atoms with E-state index in [4.69, 9.17) is 10.5 Å². The molecule has 1 aliphatic heterocycles. The van der Waals surface area contributed by atoms with E-state index in [1.807, 2.05) is 13.8 Å². The van der Waals surface area contributed by atoms with Crippen molar-refractivity contribution in [2.75, 3.05) is 12.4 Å². The third-order valence-electron chi connectivity index (χ3n) is 4.38. The Morgan fingerprint density at radius 2 is 2.19 bits per heavy atom. The Morgan fingerprint density at radius 3 is 2.85 bits per heavy atom. The van der Waals surface area contributed by atoms with Crippen molar-refractivity contribution in [2.24, 2.45) is 10.7 Å². The Labute approximate surface area is 161 Å². The van der Waals surface area contributed by atoms with Gasteiger partial charge in [-0.25, -0.2) is 14.4 Å². The lowest BCUT2D eigenvalue weighted by atomic mass is 9.87. The molecule has 1 aromatic carbocycles. The predicted molar refractivity (Wildman–Crippen MR) is 104 cm³/mol. The number of aliphatic imine (C=N–C) groups is 1. The minimum atomic E-state index is -0.725. The first-order valence-corrected chi connectivity index (χ1v) is 9.65. The molecule has 0 radical (unpaired) electrons. The molecule has 0 bridgehead atoms. The highest BCUT2D eigenvalue weighted by atomic mass is 32.2. The van der Waals surface area contributed by atoms with E-state index in [9.17, 15) is 9.18 Å². The summed E-state index contributed by atoms with van der Waals surface area (Å²) in [4.78, 5) is 25.1. The van der Waals surface area contributed by atoms with Crippen molar-refractivity contribution in [3.63, 3.8) is 0 Å². The molecule has 0 unspecified atom stereocenters. The van der Waals surface area contributed by atoms with Gasteiger partial charge in [0.25, 0.3) is 0 Å². The van der Waals surface area contributed by atoms with Crippen molar-refractivity contribution in [1.82, 2.24) is 9.97 Å². The van der Waals surface area contributed by atoms with Gasteiger partial charge in [-0.1, -0.05) is 17.8 Å². The first-order valence-electron chi connectivity index (χ1n) is 8.66. The predicted octanol–water partition coefficient (Wildman–Crippen LogP) is 3.11. The number of nitrogens with two attached hydrogens (primary N) is 1. The lowest BCUT2D eigenvalue weighted by Crippen LogP contribution is -2.29. The number of thioether (sulfide) groups is 1. The molecule has 0 aliphatic carbocycles. The molecule has 27 heavy (non-hydrogen) atoms. The zero-order valence-corrected chi connectivity index (χ0v) is 16.1. The minimum Gasteiger partial charge on any atom is -0.477 e. The Morgan fingerprint density at radius 1 is 1.37 bits per heavy atom. The number of aromatic nitrogens is 2. The maximum atomic E-state index is 14.5. The summed E-state index contributed by atoms with van der Waals surface area (Å²) in [6.07, 6.45) is 3.59. The fraction of sp³-hybridized carbons (Fsp3) is 0.368. The molecule has 142 valence electrons. The Bertz CT molecular complexity index is 873. The van der Waals surface area contributed by atoms with Crippen molar-refractivity contribution >= 4 is 22.7 Å². The van der Waals surface area contributed by atoms with Crippen LogP contribution >= 0.6 is 11.8 Å². The second-order valence-corrected chi connectivity index (χ2v) is 7.52. The molecule has 8 heteroatoms. The van der Waals surface area contributed by atoms with Crippen molar-refractivity contribution in [1.29, 1.82) is 0 Å². The summed E-state index contributed by atoms with van der Waals surface area (Å²) >= 11 is 1.46. The summed E-state index contributed by atoms with van der Waals surface area (Å²) in [7, 11) is 0. The quantitative estimate of drug-likeness (QED) is 0.765. The molecule has 6 nitrogen and oxygen atoms in total. The van der Waals surface area contributed by atoms with E-state index in [1.54, 1.807) is 12.1 Å². The van der Waals surface area contributed by atoms with Crippen molar-refractivity contribution in [3.8, 4) is 5.88 Å². The maximum Gasteiger partial charge on any atom is 0.232 e. The number of benzene rings is 1. The van der Waals surface area contributed by atoms with Crippen LogP contribution in [-0.2, 0) is 12.0 Å². The summed E-state index contributed by atoms with van der Waals surface area (Å²) in [5, 5.41) is 0.453. The monoisotopic (exact) mass is 388 g/mol. The number of ketones is 1. The number of halogens is 1. The molecule has 2 N–H and O–H groups in total. The van der Waals surface area contributed by atoms with Gasteiger partial charge in [0.1, 0.15) is 11.5 Å². The first kappa shape index (κ1) is 19.3. The molecular weight excluding hydrogens is 367 g/mol. The summed E-state index contributed by atoms with van der Waals surface area (Å²) in [5.41, 5.74) is 6.50. The van der Waals surface area contributed by atoms with Crippen LogP contribution in [0.15, 0.2) is 35.6 Å². The van der Waals surface area contributed by atoms with Gasteiger partial charge >= 0.3 is 0 Å². The number of nitrogens with zero attached hydrogens (tertiary/aromatic N) is 3. The third kappa shape index (κ3) is 4.44. The van der Waals surface area contributed by atoms with E-state index in [-0.39, 0.29) is 23.7 Å². The largest absolute Gasteiger partial charge is 0.477 e. The van der Waals surface area contributed by atoms with E-state index in [2.05, 4.69) is 15.0 Å². The van der Waals surface area contributed by atoms with Gasteiger partial charge < -0.3 is 10.5 Å². The fourth-order valence-corrected chi connectivity index (χ4v) is 3.91. The molecule has 2 heterocycles. The highest BCUT2D eigenvalue weighted by Crippen LogP contribution is 2.36. The molecular formula is C19H21FN4O2S. The number of hydrogen-bond donors (Lipinski definition) is 1. The Balaban J connectivity index is 1.81. The van der Waals surface area contributed by atoms with Crippen LogP contribution in [0.3, 0.4) is 0 Å². The Kier molecular flexibility index (Phi) is 5.74. The lowest BCUT2D eigenvalue weighted by molar-refractivity contribution is 0.0987. The van der Waals surface area contributed by atoms with Gasteiger partial charge in [0.2, 0.25) is 5.88 Å². The Hall–Kier alpha value is -2.48. The van der Waals surface area contributed by atoms with Crippen LogP contribution in [0.25, 0.3) is 0 Å². The zero-order valence-electron chi connectivity index (χ0n) is 15.2. The van der Waals surface area contributed by atoms with Crippen LogP contribution < -0.4 is 10.5 Å². The van der Waals surface area contributed by atoms with Gasteiger partial charge in [-0.2, -0.15) is 0 Å². The SMILES string of the molecule is CCOc1cnc(C(=O)Cc2ccc(F)c([C@]3(C)CCSC(N)=N3)c2)cn1. The molecule has 0 saturated heterocycles. The number of hydrogen-bond acceptors (Lipinski definition) is 7. The second-order valence-electron chi connectivity index (χ2n) is 6.41. The molecule has 0 amide bonds. The number of carbonyl (C=O) groups is 1. The van der Waals surface area contributed by atoms with Crippen LogP contribution in [0.5, 0.6) is 5.88 Å². The van der Waals surface area contributed by atoms with Crippen LogP contribution in [0.1, 0.15) is 41.9 Å². The summed E-state index contributed by atoms with van der Waals surface area (Å²) < 4.78 is 19.7. The van der Waals surface area contributed by atoms with E-state index in [1.165, 1.54) is 30.2 Å². The highest BCUT2D eigenvalue weighted by molar-refractivity contribution is 8.13. The van der Waals surface area contributed by atoms with Gasteiger partial charge in [0.05, 0.1) is 24.5 Å². The van der Waals surface area contributed by atoms with Gasteiger partial charge in [0, 0.05) is 17.7 Å². The standard InChI is InChI=1S/C19H21FN4O2S/c1-3-26-17-11-22-15(10-23-17)16(25)9-12-4-5-14(20)13(8-12)19(2)6-7-27-18(21)24-19/h4-5,8,10-11H,3,6-7,9H2,1-2H3,(H2,21,24)/t19-/m0/s1. The van der Waals surface area contributed by atoms with Gasteiger partial charge in [0.15, 0.2) is 11.0 Å². The normalized spacial score (nSPS) is 19.4. The number of ether oxygens (including phenoxy) is 1. The summed E-state index contributed by atoms with van der Waals surface area (Å²) in [5.74, 6) is 0.598. The number of amidine groups is 1. The average Bonchev–Trinajstić information content (AvgIpc) is 2.64. The summed E-state index contributed by atoms with van der Waals surface area (Å²) in [6.45, 7) is 4.18. The van der Waals surface area contributed by atoms with Gasteiger partial charge in [-0.15, -0.1) is 0 Å². The smallest absolute Gasteiger partial charge is 0.232 e.